The number of hydrogen-bond acceptors (Lipinski definition) is 2. The average molecular weight is 185 g/mol. The van der Waals surface area contributed by atoms with Crippen molar-refractivity contribution in [3.8, 4) is 0 Å². The van der Waals surface area contributed by atoms with E-state index >= 15 is 0 Å². The molecule has 1 aliphatic rings. The molecule has 1 fully saturated rings. The van der Waals surface area contributed by atoms with Crippen molar-refractivity contribution in [2.24, 2.45) is 0 Å². The Balaban J connectivity index is 2.38. The maximum Gasteiger partial charge on any atom is 0.108 e. The van der Waals surface area contributed by atoms with Gasteiger partial charge in [-0.3, -0.25) is 5.32 Å². The predicted molar refractivity (Wildman–Crippen MR) is 55.7 cm³/mol. The molecule has 0 aliphatic carbocycles. The van der Waals surface area contributed by atoms with Crippen LogP contribution in [0.5, 0.6) is 0 Å². The minimum Gasteiger partial charge on any atom is -0.360 e. The molecule has 0 radical (unpaired) electrons. The molecule has 13 heavy (non-hydrogen) atoms. The Morgan fingerprint density at radius 1 is 1.46 bits per heavy atom. The van der Waals surface area contributed by atoms with Crippen LogP contribution in [0, 0.1) is 0 Å². The fourth-order valence-corrected chi connectivity index (χ4v) is 2.11. The van der Waals surface area contributed by atoms with Gasteiger partial charge >= 0.3 is 0 Å². The van der Waals surface area contributed by atoms with E-state index in [1.807, 2.05) is 0 Å². The maximum atomic E-state index is 5.81. The molecule has 1 N–H and O–H groups in total. The lowest BCUT2D eigenvalue weighted by atomic mass is 9.94. The van der Waals surface area contributed by atoms with Crippen LogP contribution >= 0.6 is 0 Å². The highest BCUT2D eigenvalue weighted by Gasteiger charge is 2.30. The van der Waals surface area contributed by atoms with Crippen LogP contribution in [0.15, 0.2) is 0 Å². The van der Waals surface area contributed by atoms with Crippen molar-refractivity contribution >= 4 is 0 Å². The van der Waals surface area contributed by atoms with Crippen LogP contribution in [0.25, 0.3) is 0 Å². The van der Waals surface area contributed by atoms with Crippen LogP contribution in [0.2, 0.25) is 0 Å². The Morgan fingerprint density at radius 3 is 2.69 bits per heavy atom. The Labute approximate surface area is 82.0 Å². The van der Waals surface area contributed by atoms with Crippen LogP contribution in [-0.4, -0.2) is 17.9 Å². The number of ether oxygens (including phenoxy) is 1. The summed E-state index contributed by atoms with van der Waals surface area (Å²) in [5, 5.41) is 3.54. The second kappa shape index (κ2) is 4.43. The average Bonchev–Trinajstić information content (AvgIpc) is 1.97. The molecule has 0 bridgehead atoms. The maximum absolute atomic E-state index is 5.81. The summed E-state index contributed by atoms with van der Waals surface area (Å²) in [6.45, 7) is 8.90. The van der Waals surface area contributed by atoms with Gasteiger partial charge in [0, 0.05) is 5.54 Å². The summed E-state index contributed by atoms with van der Waals surface area (Å²) in [6, 6.07) is 0. The monoisotopic (exact) mass is 185 g/mol. The van der Waals surface area contributed by atoms with E-state index in [4.69, 9.17) is 4.74 Å². The van der Waals surface area contributed by atoms with Crippen molar-refractivity contribution in [1.82, 2.24) is 5.32 Å². The molecule has 2 heteroatoms. The summed E-state index contributed by atoms with van der Waals surface area (Å²) >= 11 is 0. The molecule has 0 spiro atoms. The van der Waals surface area contributed by atoms with E-state index in [-0.39, 0.29) is 11.8 Å². The van der Waals surface area contributed by atoms with Gasteiger partial charge in [0.1, 0.15) is 6.23 Å². The van der Waals surface area contributed by atoms with Crippen LogP contribution in [-0.2, 0) is 4.74 Å². The van der Waals surface area contributed by atoms with E-state index in [0.29, 0.717) is 6.10 Å². The standard InChI is InChI=1S/C11H23NO/c1-5-6-7-10-12-11(3,4)8-9(2)13-10/h9-10,12H,5-8H2,1-4H3. The third-order valence-electron chi connectivity index (χ3n) is 2.57. The van der Waals surface area contributed by atoms with Crippen LogP contribution < -0.4 is 5.32 Å². The van der Waals surface area contributed by atoms with Crippen molar-refractivity contribution in [3.63, 3.8) is 0 Å². The van der Waals surface area contributed by atoms with Crippen molar-refractivity contribution < 1.29 is 4.74 Å². The molecule has 1 rings (SSSR count). The minimum atomic E-state index is 0.246. The Hall–Kier alpha value is -0.0800. The van der Waals surface area contributed by atoms with Gasteiger partial charge in [-0.15, -0.1) is 0 Å². The minimum absolute atomic E-state index is 0.246. The lowest BCUT2D eigenvalue weighted by molar-refractivity contribution is -0.0906. The topological polar surface area (TPSA) is 21.3 Å². The number of nitrogens with one attached hydrogen (secondary N) is 1. The summed E-state index contributed by atoms with van der Waals surface area (Å²) in [5.41, 5.74) is 0.246. The molecular weight excluding hydrogens is 162 g/mol. The van der Waals surface area contributed by atoms with Gasteiger partial charge in [-0.05, 0) is 40.0 Å². The van der Waals surface area contributed by atoms with Gasteiger partial charge in [0.25, 0.3) is 0 Å². The summed E-state index contributed by atoms with van der Waals surface area (Å²) in [4.78, 5) is 0. The second-order valence-corrected chi connectivity index (χ2v) is 4.81. The van der Waals surface area contributed by atoms with Gasteiger partial charge < -0.3 is 4.74 Å². The summed E-state index contributed by atoms with van der Waals surface area (Å²) in [5.74, 6) is 0. The van der Waals surface area contributed by atoms with Gasteiger partial charge in [0.15, 0.2) is 0 Å². The summed E-state index contributed by atoms with van der Waals surface area (Å²) in [7, 11) is 0. The van der Waals surface area contributed by atoms with Crippen molar-refractivity contribution in [2.75, 3.05) is 0 Å². The molecule has 2 unspecified atom stereocenters. The number of rotatable bonds is 3. The second-order valence-electron chi connectivity index (χ2n) is 4.81. The molecular formula is C11H23NO. The third-order valence-corrected chi connectivity index (χ3v) is 2.57. The zero-order valence-corrected chi connectivity index (χ0v) is 9.39. The van der Waals surface area contributed by atoms with E-state index < -0.39 is 0 Å². The molecule has 2 nitrogen and oxygen atoms in total. The van der Waals surface area contributed by atoms with Gasteiger partial charge in [0.05, 0.1) is 6.10 Å². The first-order valence-corrected chi connectivity index (χ1v) is 5.46. The highest BCUT2D eigenvalue weighted by atomic mass is 16.5. The fraction of sp³-hybridized carbons (Fsp3) is 1.00. The highest BCUT2D eigenvalue weighted by molar-refractivity contribution is 4.85. The molecule has 1 heterocycles. The SMILES string of the molecule is CCCCC1NC(C)(C)CC(C)O1. The fourth-order valence-electron chi connectivity index (χ4n) is 2.11. The molecule has 1 aliphatic heterocycles. The first kappa shape index (κ1) is 11.0. The summed E-state index contributed by atoms with van der Waals surface area (Å²) in [6.07, 6.45) is 5.42. The normalized spacial score (nSPS) is 33.2. The van der Waals surface area contributed by atoms with Gasteiger partial charge in [-0.25, -0.2) is 0 Å². The largest absolute Gasteiger partial charge is 0.360 e. The van der Waals surface area contributed by atoms with E-state index in [1.165, 1.54) is 12.8 Å². The Kier molecular flexibility index (Phi) is 3.74. The molecule has 0 aromatic rings. The molecule has 0 amide bonds. The van der Waals surface area contributed by atoms with Crippen molar-refractivity contribution in [1.29, 1.82) is 0 Å². The lowest BCUT2D eigenvalue weighted by Gasteiger charge is -2.40. The van der Waals surface area contributed by atoms with Crippen LogP contribution in [0.3, 0.4) is 0 Å². The predicted octanol–water partition coefficient (Wildman–Crippen LogP) is 2.68. The zero-order valence-electron chi connectivity index (χ0n) is 9.39. The van der Waals surface area contributed by atoms with Crippen molar-refractivity contribution in [3.05, 3.63) is 0 Å². The van der Waals surface area contributed by atoms with Crippen LogP contribution in [0.1, 0.15) is 53.4 Å². The Morgan fingerprint density at radius 2 is 2.15 bits per heavy atom. The van der Waals surface area contributed by atoms with Gasteiger partial charge in [-0.2, -0.15) is 0 Å². The summed E-state index contributed by atoms with van der Waals surface area (Å²) < 4.78 is 5.81. The number of hydrogen-bond donors (Lipinski definition) is 1. The molecule has 78 valence electrons. The van der Waals surface area contributed by atoms with E-state index in [9.17, 15) is 0 Å². The first-order chi connectivity index (χ1) is 6.03. The van der Waals surface area contributed by atoms with Crippen LogP contribution in [0.4, 0.5) is 0 Å². The number of unbranched alkanes of at least 4 members (excludes halogenated alkanes) is 1. The van der Waals surface area contributed by atoms with E-state index in [0.717, 1.165) is 12.8 Å². The molecule has 0 aromatic carbocycles. The highest BCUT2D eigenvalue weighted by Crippen LogP contribution is 2.23. The molecule has 1 saturated heterocycles. The zero-order chi connectivity index (χ0) is 9.90. The lowest BCUT2D eigenvalue weighted by Crippen LogP contribution is -2.54. The molecule has 0 saturated carbocycles. The Bertz CT molecular complexity index is 156. The quantitative estimate of drug-likeness (QED) is 0.730. The van der Waals surface area contributed by atoms with Gasteiger partial charge in [-0.1, -0.05) is 13.3 Å². The smallest absolute Gasteiger partial charge is 0.108 e. The van der Waals surface area contributed by atoms with E-state index in [1.54, 1.807) is 0 Å². The third kappa shape index (κ3) is 3.65. The molecule has 2 atom stereocenters. The molecule has 0 aromatic heterocycles. The van der Waals surface area contributed by atoms with E-state index in [2.05, 4.69) is 33.0 Å². The first-order valence-electron chi connectivity index (χ1n) is 5.46. The van der Waals surface area contributed by atoms with Gasteiger partial charge in [0.2, 0.25) is 0 Å². The van der Waals surface area contributed by atoms with Crippen molar-refractivity contribution in [2.45, 2.75) is 71.2 Å².